The Bertz CT molecular complexity index is 1040. The molecule has 2 aliphatic rings. The van der Waals surface area contributed by atoms with Gasteiger partial charge in [-0.2, -0.15) is 8.42 Å². The number of aryl methyl sites for hydroxylation is 2. The Hall–Kier alpha value is -2.42. The normalized spacial score (nSPS) is 20.1. The summed E-state index contributed by atoms with van der Waals surface area (Å²) in [5.74, 6) is 0.249. The highest BCUT2D eigenvalue weighted by atomic mass is 32.2. The van der Waals surface area contributed by atoms with Gasteiger partial charge in [-0.05, 0) is 68.1 Å². The molecule has 1 atom stereocenters. The number of amides is 1. The molecule has 0 bridgehead atoms. The van der Waals surface area contributed by atoms with Crippen molar-refractivity contribution in [2.75, 3.05) is 26.3 Å². The molecule has 7 nitrogen and oxygen atoms in total. The standard InChI is InChI=1S/C23H27NO6S/c1-16-5-6-17(2)21(14-16)31(26,27)30-20-9-7-18(8-10-20)22(25)24-11-3-4-19(15-24)23-28-12-13-29-23/h5-10,14,19,23H,3-4,11-13,15H2,1-2H3. The average molecular weight is 446 g/mol. The molecule has 0 N–H and O–H groups in total. The van der Waals surface area contributed by atoms with Gasteiger partial charge >= 0.3 is 10.1 Å². The fourth-order valence-corrected chi connectivity index (χ4v) is 5.30. The summed E-state index contributed by atoms with van der Waals surface area (Å²) in [4.78, 5) is 14.9. The van der Waals surface area contributed by atoms with Crippen LogP contribution in [0.2, 0.25) is 0 Å². The minimum absolute atomic E-state index is 0.0911. The molecule has 0 spiro atoms. The van der Waals surface area contributed by atoms with Crippen LogP contribution in [0.4, 0.5) is 0 Å². The molecule has 2 heterocycles. The smallest absolute Gasteiger partial charge is 0.339 e. The second-order valence-corrected chi connectivity index (χ2v) is 9.61. The van der Waals surface area contributed by atoms with Gasteiger partial charge in [0.25, 0.3) is 5.91 Å². The van der Waals surface area contributed by atoms with E-state index in [2.05, 4.69) is 0 Å². The van der Waals surface area contributed by atoms with Crippen molar-refractivity contribution in [3.8, 4) is 5.75 Å². The van der Waals surface area contributed by atoms with Gasteiger partial charge in [-0.15, -0.1) is 0 Å². The summed E-state index contributed by atoms with van der Waals surface area (Å²) in [5.41, 5.74) is 1.94. The lowest BCUT2D eigenvalue weighted by molar-refractivity contribution is -0.0969. The van der Waals surface area contributed by atoms with Crippen molar-refractivity contribution in [2.24, 2.45) is 5.92 Å². The van der Waals surface area contributed by atoms with E-state index in [1.807, 2.05) is 17.9 Å². The Kier molecular flexibility index (Phi) is 6.31. The maximum atomic E-state index is 12.9. The number of hydrogen-bond acceptors (Lipinski definition) is 6. The van der Waals surface area contributed by atoms with Crippen molar-refractivity contribution in [1.82, 2.24) is 4.90 Å². The first-order valence-electron chi connectivity index (χ1n) is 10.5. The zero-order chi connectivity index (χ0) is 22.0. The Morgan fingerprint density at radius 3 is 2.48 bits per heavy atom. The Labute approximate surface area is 183 Å². The van der Waals surface area contributed by atoms with Gasteiger partial charge in [-0.1, -0.05) is 12.1 Å². The van der Waals surface area contributed by atoms with E-state index in [0.29, 0.717) is 37.4 Å². The van der Waals surface area contributed by atoms with Crippen molar-refractivity contribution in [3.05, 3.63) is 59.2 Å². The van der Waals surface area contributed by atoms with E-state index in [-0.39, 0.29) is 28.8 Å². The predicted octanol–water partition coefficient (Wildman–Crippen LogP) is 3.30. The van der Waals surface area contributed by atoms with Gasteiger partial charge in [0.1, 0.15) is 10.6 Å². The minimum atomic E-state index is -3.96. The lowest BCUT2D eigenvalue weighted by Gasteiger charge is -2.34. The van der Waals surface area contributed by atoms with Crippen molar-refractivity contribution in [3.63, 3.8) is 0 Å². The summed E-state index contributed by atoms with van der Waals surface area (Å²) < 4.78 is 41.9. The van der Waals surface area contributed by atoms with Crippen LogP contribution in [0.15, 0.2) is 47.4 Å². The van der Waals surface area contributed by atoms with E-state index in [4.69, 9.17) is 13.7 Å². The second kappa shape index (κ2) is 8.98. The zero-order valence-corrected chi connectivity index (χ0v) is 18.6. The highest BCUT2D eigenvalue weighted by molar-refractivity contribution is 7.87. The van der Waals surface area contributed by atoms with Crippen LogP contribution in [0, 0.1) is 19.8 Å². The zero-order valence-electron chi connectivity index (χ0n) is 17.7. The highest BCUT2D eigenvalue weighted by Gasteiger charge is 2.33. The Morgan fingerprint density at radius 1 is 1.06 bits per heavy atom. The molecule has 0 saturated carbocycles. The molecule has 166 valence electrons. The maximum Gasteiger partial charge on any atom is 0.339 e. The maximum absolute atomic E-state index is 12.9. The van der Waals surface area contributed by atoms with Crippen LogP contribution in [-0.2, 0) is 19.6 Å². The van der Waals surface area contributed by atoms with Gasteiger partial charge in [0.2, 0.25) is 0 Å². The summed E-state index contributed by atoms with van der Waals surface area (Å²) in [6.07, 6.45) is 1.63. The first-order valence-corrected chi connectivity index (χ1v) is 11.9. The van der Waals surface area contributed by atoms with Gasteiger partial charge in [-0.25, -0.2) is 0 Å². The molecular formula is C23H27NO6S. The first kappa shape index (κ1) is 21.8. The number of benzene rings is 2. The predicted molar refractivity (Wildman–Crippen MR) is 114 cm³/mol. The molecule has 4 rings (SSSR count). The van der Waals surface area contributed by atoms with Crippen molar-refractivity contribution in [2.45, 2.75) is 37.9 Å². The van der Waals surface area contributed by atoms with Crippen LogP contribution in [0.5, 0.6) is 5.75 Å². The van der Waals surface area contributed by atoms with Gasteiger partial charge in [0, 0.05) is 24.6 Å². The molecule has 8 heteroatoms. The van der Waals surface area contributed by atoms with E-state index < -0.39 is 10.1 Å². The molecule has 31 heavy (non-hydrogen) atoms. The van der Waals surface area contributed by atoms with Gasteiger partial charge in [0.15, 0.2) is 6.29 Å². The van der Waals surface area contributed by atoms with Crippen LogP contribution in [0.3, 0.4) is 0 Å². The summed E-state index contributed by atoms with van der Waals surface area (Å²) >= 11 is 0. The third-order valence-corrected chi connectivity index (χ3v) is 7.09. The van der Waals surface area contributed by atoms with Gasteiger partial charge in [0.05, 0.1) is 13.2 Å². The van der Waals surface area contributed by atoms with E-state index in [9.17, 15) is 13.2 Å². The molecular weight excluding hydrogens is 418 g/mol. The SMILES string of the molecule is Cc1ccc(C)c(S(=O)(=O)Oc2ccc(C(=O)N3CCCC(C4OCCO4)C3)cc2)c1. The van der Waals surface area contributed by atoms with Crippen LogP contribution in [-0.4, -0.2) is 51.8 Å². The molecule has 0 radical (unpaired) electrons. The molecule has 2 aromatic carbocycles. The van der Waals surface area contributed by atoms with Crippen molar-refractivity contribution in [1.29, 1.82) is 0 Å². The Morgan fingerprint density at radius 2 is 1.77 bits per heavy atom. The molecule has 1 unspecified atom stereocenters. The number of piperidine rings is 1. The fraction of sp³-hybridized carbons (Fsp3) is 0.435. The number of likely N-dealkylation sites (tertiary alicyclic amines) is 1. The van der Waals surface area contributed by atoms with Crippen LogP contribution >= 0.6 is 0 Å². The second-order valence-electron chi connectivity index (χ2n) is 8.09. The van der Waals surface area contributed by atoms with Gasteiger partial charge < -0.3 is 18.6 Å². The largest absolute Gasteiger partial charge is 0.379 e. The summed E-state index contributed by atoms with van der Waals surface area (Å²) in [7, 11) is -3.96. The number of nitrogens with zero attached hydrogens (tertiary/aromatic N) is 1. The van der Waals surface area contributed by atoms with E-state index in [0.717, 1.165) is 18.4 Å². The van der Waals surface area contributed by atoms with Crippen molar-refractivity contribution >= 4 is 16.0 Å². The third-order valence-electron chi connectivity index (χ3n) is 5.70. The summed E-state index contributed by atoms with van der Waals surface area (Å²) in [6, 6.07) is 11.4. The number of rotatable bonds is 5. The van der Waals surface area contributed by atoms with Crippen LogP contribution in [0.1, 0.15) is 34.3 Å². The fourth-order valence-electron chi connectivity index (χ4n) is 4.05. The molecule has 0 aliphatic carbocycles. The van der Waals surface area contributed by atoms with Crippen molar-refractivity contribution < 1.29 is 26.9 Å². The van der Waals surface area contributed by atoms with Gasteiger partial charge in [-0.3, -0.25) is 4.79 Å². The lowest BCUT2D eigenvalue weighted by Crippen LogP contribution is -2.43. The average Bonchev–Trinajstić information content (AvgIpc) is 3.30. The van der Waals surface area contributed by atoms with E-state index >= 15 is 0 Å². The monoisotopic (exact) mass is 445 g/mol. The molecule has 2 fully saturated rings. The molecule has 2 aromatic rings. The molecule has 2 aliphatic heterocycles. The van der Waals surface area contributed by atoms with E-state index in [1.165, 1.54) is 12.1 Å². The van der Waals surface area contributed by atoms with Crippen LogP contribution in [0.25, 0.3) is 0 Å². The quantitative estimate of drug-likeness (QED) is 0.657. The van der Waals surface area contributed by atoms with E-state index in [1.54, 1.807) is 31.2 Å². The highest BCUT2D eigenvalue weighted by Crippen LogP contribution is 2.27. The molecule has 2 saturated heterocycles. The number of ether oxygens (including phenoxy) is 2. The summed E-state index contributed by atoms with van der Waals surface area (Å²) in [6.45, 7) is 6.02. The number of carbonyl (C=O) groups excluding carboxylic acids is 1. The third kappa shape index (κ3) is 4.92. The Balaban J connectivity index is 1.44. The first-order chi connectivity index (χ1) is 14.8. The lowest BCUT2D eigenvalue weighted by atomic mass is 9.96. The number of hydrogen-bond donors (Lipinski definition) is 0. The molecule has 0 aromatic heterocycles. The molecule has 1 amide bonds. The topological polar surface area (TPSA) is 82.1 Å². The number of carbonyl (C=O) groups is 1. The summed E-state index contributed by atoms with van der Waals surface area (Å²) in [5, 5.41) is 0. The minimum Gasteiger partial charge on any atom is -0.379 e. The van der Waals surface area contributed by atoms with Crippen LogP contribution < -0.4 is 4.18 Å².